The third kappa shape index (κ3) is 3.99. The molecule has 0 N–H and O–H groups in total. The van der Waals surface area contributed by atoms with E-state index in [4.69, 9.17) is 30.5 Å². The highest BCUT2D eigenvalue weighted by Gasteiger charge is 2.15. The van der Waals surface area contributed by atoms with Crippen molar-refractivity contribution in [3.8, 4) is 23.0 Å². The molecular weight excluding hydrogens is 342 g/mol. The van der Waals surface area contributed by atoms with E-state index in [0.717, 1.165) is 23.4 Å². The summed E-state index contributed by atoms with van der Waals surface area (Å²) >= 11 is 6.37. The van der Waals surface area contributed by atoms with E-state index in [1.54, 1.807) is 19.4 Å². The molecule has 0 saturated carbocycles. The number of aliphatic imine (C=N–C) groups is 1. The summed E-state index contributed by atoms with van der Waals surface area (Å²) in [6.45, 7) is 4.29. The van der Waals surface area contributed by atoms with Gasteiger partial charge in [0.2, 0.25) is 6.79 Å². The van der Waals surface area contributed by atoms with Crippen LogP contribution in [0.5, 0.6) is 23.0 Å². The lowest BCUT2D eigenvalue weighted by Gasteiger charge is -2.17. The highest BCUT2D eigenvalue weighted by Crippen LogP contribution is 2.38. The molecule has 1 aliphatic rings. The monoisotopic (exact) mass is 361 g/mol. The van der Waals surface area contributed by atoms with Crippen LogP contribution in [-0.4, -0.2) is 26.2 Å². The largest absolute Gasteiger partial charge is 0.493 e. The van der Waals surface area contributed by atoms with E-state index in [9.17, 15) is 0 Å². The summed E-state index contributed by atoms with van der Waals surface area (Å²) in [4.78, 5) is 4.46. The van der Waals surface area contributed by atoms with Crippen molar-refractivity contribution in [2.24, 2.45) is 4.99 Å². The predicted molar refractivity (Wildman–Crippen MR) is 98.2 cm³/mol. The van der Waals surface area contributed by atoms with Crippen LogP contribution in [0.25, 0.3) is 0 Å². The van der Waals surface area contributed by atoms with Crippen LogP contribution in [-0.2, 0) is 0 Å². The molecule has 0 bridgehead atoms. The van der Waals surface area contributed by atoms with E-state index in [1.807, 2.05) is 31.2 Å². The fourth-order valence-electron chi connectivity index (χ4n) is 2.33. The summed E-state index contributed by atoms with van der Waals surface area (Å²) in [6, 6.07) is 9.19. The number of hydrogen-bond donors (Lipinski definition) is 0. The van der Waals surface area contributed by atoms with E-state index in [1.165, 1.54) is 0 Å². The number of ether oxygens (including phenoxy) is 4. The molecule has 0 saturated heterocycles. The normalized spacial score (nSPS) is 13.9. The Morgan fingerprint density at radius 2 is 2.04 bits per heavy atom. The standard InChI is InChI=1S/C19H20ClNO4/c1-4-12(2)25-19-15(20)7-13(8-18(19)22-3)10-21-14-5-6-16-17(9-14)24-11-23-16/h5-10,12H,4,11H2,1-3H3/t12-/m0/s1. The van der Waals surface area contributed by atoms with Gasteiger partial charge in [0.15, 0.2) is 23.0 Å². The first-order valence-electron chi connectivity index (χ1n) is 8.08. The van der Waals surface area contributed by atoms with Gasteiger partial charge >= 0.3 is 0 Å². The molecule has 2 aromatic carbocycles. The first-order chi connectivity index (χ1) is 12.1. The van der Waals surface area contributed by atoms with Crippen LogP contribution in [0.1, 0.15) is 25.8 Å². The summed E-state index contributed by atoms with van der Waals surface area (Å²) in [6.07, 6.45) is 2.66. The molecule has 6 heteroatoms. The Labute approximate surface area is 152 Å². The summed E-state index contributed by atoms with van der Waals surface area (Å²) in [5.41, 5.74) is 1.58. The lowest BCUT2D eigenvalue weighted by atomic mass is 10.2. The third-order valence-corrected chi connectivity index (χ3v) is 4.15. The Hall–Kier alpha value is -2.40. The van der Waals surface area contributed by atoms with Gasteiger partial charge in [-0.05, 0) is 43.2 Å². The second kappa shape index (κ2) is 7.66. The van der Waals surface area contributed by atoms with E-state index >= 15 is 0 Å². The van der Waals surface area contributed by atoms with Crippen molar-refractivity contribution in [1.82, 2.24) is 0 Å². The maximum absolute atomic E-state index is 6.37. The number of fused-ring (bicyclic) bond motifs is 1. The van der Waals surface area contributed by atoms with Gasteiger partial charge in [0.25, 0.3) is 0 Å². The first-order valence-corrected chi connectivity index (χ1v) is 8.46. The minimum Gasteiger partial charge on any atom is -0.493 e. The van der Waals surface area contributed by atoms with Crippen LogP contribution >= 0.6 is 11.6 Å². The maximum atomic E-state index is 6.37. The van der Waals surface area contributed by atoms with E-state index in [-0.39, 0.29) is 12.9 Å². The Kier molecular flexibility index (Phi) is 5.34. The molecule has 0 unspecified atom stereocenters. The van der Waals surface area contributed by atoms with Crippen LogP contribution in [0.3, 0.4) is 0 Å². The Bertz CT molecular complexity index is 791. The van der Waals surface area contributed by atoms with E-state index in [2.05, 4.69) is 11.9 Å². The molecule has 0 radical (unpaired) electrons. The van der Waals surface area contributed by atoms with Gasteiger partial charge in [-0.1, -0.05) is 18.5 Å². The fourth-order valence-corrected chi connectivity index (χ4v) is 2.59. The molecule has 5 nitrogen and oxygen atoms in total. The van der Waals surface area contributed by atoms with E-state index in [0.29, 0.717) is 22.3 Å². The summed E-state index contributed by atoms with van der Waals surface area (Å²) < 4.78 is 21.9. The first kappa shape index (κ1) is 17.4. The van der Waals surface area contributed by atoms with Gasteiger partial charge in [-0.25, -0.2) is 0 Å². The van der Waals surface area contributed by atoms with Crippen molar-refractivity contribution in [3.63, 3.8) is 0 Å². The second-order valence-corrected chi connectivity index (χ2v) is 6.07. The van der Waals surface area contributed by atoms with Gasteiger partial charge in [0, 0.05) is 12.3 Å². The summed E-state index contributed by atoms with van der Waals surface area (Å²) in [7, 11) is 1.59. The average Bonchev–Trinajstić information content (AvgIpc) is 3.09. The predicted octanol–water partition coefficient (Wildman–Crippen LogP) is 5.01. The molecule has 2 aromatic rings. The maximum Gasteiger partial charge on any atom is 0.231 e. The van der Waals surface area contributed by atoms with Crippen LogP contribution in [0.2, 0.25) is 5.02 Å². The number of hydrogen-bond acceptors (Lipinski definition) is 5. The number of benzene rings is 2. The molecule has 25 heavy (non-hydrogen) atoms. The van der Waals surface area contributed by atoms with Gasteiger partial charge < -0.3 is 18.9 Å². The van der Waals surface area contributed by atoms with Crippen LogP contribution in [0, 0.1) is 0 Å². The lowest BCUT2D eigenvalue weighted by molar-refractivity contribution is 0.174. The minimum absolute atomic E-state index is 0.0551. The molecule has 0 aliphatic carbocycles. The third-order valence-electron chi connectivity index (χ3n) is 3.86. The molecule has 3 rings (SSSR count). The number of methoxy groups -OCH3 is 1. The molecule has 1 aliphatic heterocycles. The van der Waals surface area contributed by atoms with E-state index < -0.39 is 0 Å². The van der Waals surface area contributed by atoms with Gasteiger partial charge in [-0.3, -0.25) is 4.99 Å². The van der Waals surface area contributed by atoms with Gasteiger partial charge in [-0.15, -0.1) is 0 Å². The van der Waals surface area contributed by atoms with Crippen molar-refractivity contribution in [2.45, 2.75) is 26.4 Å². The Morgan fingerprint density at radius 1 is 1.24 bits per heavy atom. The fraction of sp³-hybridized carbons (Fsp3) is 0.316. The minimum atomic E-state index is 0.0551. The van der Waals surface area contributed by atoms with Crippen molar-refractivity contribution in [2.75, 3.05) is 13.9 Å². The van der Waals surface area contributed by atoms with Crippen molar-refractivity contribution < 1.29 is 18.9 Å². The molecular formula is C19H20ClNO4. The smallest absolute Gasteiger partial charge is 0.231 e. The van der Waals surface area contributed by atoms with Crippen molar-refractivity contribution in [1.29, 1.82) is 0 Å². The van der Waals surface area contributed by atoms with Gasteiger partial charge in [-0.2, -0.15) is 0 Å². The van der Waals surface area contributed by atoms with Crippen LogP contribution in [0.15, 0.2) is 35.3 Å². The zero-order chi connectivity index (χ0) is 17.8. The zero-order valence-corrected chi connectivity index (χ0v) is 15.2. The average molecular weight is 362 g/mol. The molecule has 132 valence electrons. The van der Waals surface area contributed by atoms with Gasteiger partial charge in [0.05, 0.1) is 23.9 Å². The molecule has 0 amide bonds. The highest BCUT2D eigenvalue weighted by molar-refractivity contribution is 6.32. The Balaban J connectivity index is 1.84. The summed E-state index contributed by atoms with van der Waals surface area (Å²) in [5, 5.41) is 0.492. The highest BCUT2D eigenvalue weighted by atomic mass is 35.5. The van der Waals surface area contributed by atoms with Gasteiger partial charge in [0.1, 0.15) is 0 Å². The number of nitrogens with zero attached hydrogens (tertiary/aromatic N) is 1. The second-order valence-electron chi connectivity index (χ2n) is 5.67. The molecule has 0 aromatic heterocycles. The Morgan fingerprint density at radius 3 is 2.80 bits per heavy atom. The van der Waals surface area contributed by atoms with Crippen molar-refractivity contribution >= 4 is 23.5 Å². The zero-order valence-electron chi connectivity index (χ0n) is 14.4. The van der Waals surface area contributed by atoms with Crippen LogP contribution in [0.4, 0.5) is 5.69 Å². The topological polar surface area (TPSA) is 49.3 Å². The SMILES string of the molecule is CC[C@H](C)Oc1c(Cl)cc(C=Nc2ccc3c(c2)OCO3)cc1OC. The number of rotatable bonds is 6. The van der Waals surface area contributed by atoms with Crippen molar-refractivity contribution in [3.05, 3.63) is 40.9 Å². The number of halogens is 1. The summed E-state index contributed by atoms with van der Waals surface area (Å²) in [5.74, 6) is 2.57. The lowest BCUT2D eigenvalue weighted by Crippen LogP contribution is -2.11. The van der Waals surface area contributed by atoms with Crippen LogP contribution < -0.4 is 18.9 Å². The molecule has 1 atom stereocenters. The molecule has 0 fully saturated rings. The quantitative estimate of drug-likeness (QED) is 0.679. The molecule has 0 spiro atoms. The molecule has 1 heterocycles.